The summed E-state index contributed by atoms with van der Waals surface area (Å²) in [4.78, 5) is 0. The Morgan fingerprint density at radius 3 is 1.61 bits per heavy atom. The quantitative estimate of drug-likeness (QED) is 0.504. The van der Waals surface area contributed by atoms with Gasteiger partial charge in [-0.15, -0.1) is 0 Å². The molecule has 3 aromatic carbocycles. The van der Waals surface area contributed by atoms with Crippen molar-refractivity contribution >= 4 is 7.82 Å². The highest BCUT2D eigenvalue weighted by Gasteiger charge is 2.44. The summed E-state index contributed by atoms with van der Waals surface area (Å²) in [6.45, 7) is 0.613. The third-order valence-corrected chi connectivity index (χ3v) is 6.19. The van der Waals surface area contributed by atoms with Crippen LogP contribution in [-0.2, 0) is 26.5 Å². The summed E-state index contributed by atoms with van der Waals surface area (Å²) in [7, 11) is -3.62. The van der Waals surface area contributed by atoms with Gasteiger partial charge in [0.25, 0.3) is 0 Å². The van der Waals surface area contributed by atoms with Crippen LogP contribution in [0.1, 0.15) is 11.1 Å². The molecule has 0 atom stereocenters. The minimum absolute atomic E-state index is 0.306. The molecule has 3 aromatic rings. The fourth-order valence-corrected chi connectivity index (χ4v) is 4.92. The molecule has 1 heterocycles. The van der Waals surface area contributed by atoms with Crippen molar-refractivity contribution in [2.24, 2.45) is 5.41 Å². The van der Waals surface area contributed by atoms with Crippen molar-refractivity contribution in [1.82, 2.24) is 0 Å². The number of phosphoric ester groups is 1. The second kappa shape index (κ2) is 8.32. The van der Waals surface area contributed by atoms with Crippen LogP contribution in [0.2, 0.25) is 0 Å². The van der Waals surface area contributed by atoms with Crippen LogP contribution in [0.15, 0.2) is 91.0 Å². The fraction of sp³-hybridized carbons (Fsp3) is 0.217. The zero-order valence-electron chi connectivity index (χ0n) is 15.6. The highest BCUT2D eigenvalue weighted by Crippen LogP contribution is 2.55. The van der Waals surface area contributed by atoms with Crippen LogP contribution < -0.4 is 4.52 Å². The normalized spacial score (nSPS) is 17.7. The van der Waals surface area contributed by atoms with E-state index in [0.29, 0.717) is 19.0 Å². The first-order chi connectivity index (χ1) is 13.6. The van der Waals surface area contributed by atoms with Crippen molar-refractivity contribution in [3.63, 3.8) is 0 Å². The van der Waals surface area contributed by atoms with Crippen LogP contribution in [0.5, 0.6) is 5.75 Å². The highest BCUT2D eigenvalue weighted by molar-refractivity contribution is 7.49. The standard InChI is InChI=1S/C23H23O4P/c24-28(27-22-14-8-3-9-15-22)25-18-23(19-26-28,16-20-10-4-1-5-11-20)17-21-12-6-2-7-13-21/h1-15H,16-19H2. The minimum Gasteiger partial charge on any atom is -0.404 e. The van der Waals surface area contributed by atoms with E-state index in [2.05, 4.69) is 24.3 Å². The Bertz CT molecular complexity index is 873. The predicted octanol–water partition coefficient (Wildman–Crippen LogP) is 5.69. The maximum atomic E-state index is 12.9. The first kappa shape index (κ1) is 18.9. The number of hydrogen-bond donors (Lipinski definition) is 0. The molecule has 0 amide bonds. The molecule has 4 nitrogen and oxygen atoms in total. The molecule has 5 heteroatoms. The smallest absolute Gasteiger partial charge is 0.404 e. The lowest BCUT2D eigenvalue weighted by Gasteiger charge is -2.39. The van der Waals surface area contributed by atoms with E-state index in [0.717, 1.165) is 12.8 Å². The van der Waals surface area contributed by atoms with E-state index in [9.17, 15) is 4.57 Å². The third kappa shape index (κ3) is 4.71. The minimum atomic E-state index is -3.62. The first-order valence-corrected chi connectivity index (χ1v) is 10.8. The summed E-state index contributed by atoms with van der Waals surface area (Å²) in [5.41, 5.74) is 2.09. The molecule has 0 unspecified atom stereocenters. The maximum absolute atomic E-state index is 12.9. The van der Waals surface area contributed by atoms with Crippen LogP contribution in [0, 0.1) is 5.41 Å². The molecular formula is C23H23O4P. The molecule has 0 saturated carbocycles. The molecule has 0 spiro atoms. The van der Waals surface area contributed by atoms with Gasteiger partial charge in [0.1, 0.15) is 5.75 Å². The van der Waals surface area contributed by atoms with Gasteiger partial charge in [0.15, 0.2) is 0 Å². The lowest BCUT2D eigenvalue weighted by molar-refractivity contribution is -0.00298. The monoisotopic (exact) mass is 394 g/mol. The second-order valence-electron chi connectivity index (χ2n) is 7.22. The van der Waals surface area contributed by atoms with Gasteiger partial charge in [0.05, 0.1) is 13.2 Å². The molecule has 1 aliphatic heterocycles. The van der Waals surface area contributed by atoms with E-state index in [1.54, 1.807) is 12.1 Å². The number of rotatable bonds is 6. The van der Waals surface area contributed by atoms with Gasteiger partial charge < -0.3 is 4.52 Å². The molecule has 4 rings (SSSR count). The van der Waals surface area contributed by atoms with E-state index >= 15 is 0 Å². The van der Waals surface area contributed by atoms with Crippen LogP contribution in [0.3, 0.4) is 0 Å². The second-order valence-corrected chi connectivity index (χ2v) is 8.82. The highest BCUT2D eigenvalue weighted by atomic mass is 31.2. The van der Waals surface area contributed by atoms with E-state index in [1.807, 2.05) is 54.6 Å². The van der Waals surface area contributed by atoms with Gasteiger partial charge in [-0.3, -0.25) is 9.05 Å². The Labute approximate surface area is 165 Å². The Hall–Kier alpha value is -2.39. The molecule has 1 aliphatic rings. The largest absolute Gasteiger partial charge is 0.530 e. The van der Waals surface area contributed by atoms with Crippen LogP contribution >= 0.6 is 7.82 Å². The zero-order valence-corrected chi connectivity index (χ0v) is 16.5. The number of phosphoric acid groups is 1. The Morgan fingerprint density at radius 2 is 1.14 bits per heavy atom. The Kier molecular flexibility index (Phi) is 5.63. The van der Waals surface area contributed by atoms with E-state index in [1.165, 1.54) is 11.1 Å². The lowest BCUT2D eigenvalue weighted by Crippen LogP contribution is -2.40. The summed E-state index contributed by atoms with van der Waals surface area (Å²) >= 11 is 0. The van der Waals surface area contributed by atoms with Gasteiger partial charge in [-0.2, -0.15) is 0 Å². The number of para-hydroxylation sites is 1. The van der Waals surface area contributed by atoms with Crippen molar-refractivity contribution in [2.75, 3.05) is 13.2 Å². The zero-order chi connectivity index (χ0) is 19.3. The van der Waals surface area contributed by atoms with E-state index in [-0.39, 0.29) is 5.41 Å². The molecule has 0 N–H and O–H groups in total. The van der Waals surface area contributed by atoms with Crippen molar-refractivity contribution in [3.05, 3.63) is 102 Å². The summed E-state index contributed by atoms with van der Waals surface area (Å²) in [5.74, 6) is 0.476. The topological polar surface area (TPSA) is 44.8 Å². The molecule has 144 valence electrons. The molecular weight excluding hydrogens is 371 g/mol. The Balaban J connectivity index is 1.53. The van der Waals surface area contributed by atoms with Crippen LogP contribution in [0.25, 0.3) is 0 Å². The average Bonchev–Trinajstić information content (AvgIpc) is 2.73. The van der Waals surface area contributed by atoms with Gasteiger partial charge in [-0.05, 0) is 36.1 Å². The number of hydrogen-bond acceptors (Lipinski definition) is 4. The maximum Gasteiger partial charge on any atom is 0.530 e. The predicted molar refractivity (Wildman–Crippen MR) is 109 cm³/mol. The summed E-state index contributed by atoms with van der Waals surface area (Å²) < 4.78 is 30.0. The molecule has 1 saturated heterocycles. The summed E-state index contributed by atoms with van der Waals surface area (Å²) in [6, 6.07) is 29.5. The molecule has 0 radical (unpaired) electrons. The molecule has 0 bridgehead atoms. The van der Waals surface area contributed by atoms with Gasteiger partial charge >= 0.3 is 7.82 Å². The fourth-order valence-electron chi connectivity index (χ4n) is 3.50. The van der Waals surface area contributed by atoms with Gasteiger partial charge in [-0.25, -0.2) is 4.57 Å². The van der Waals surface area contributed by atoms with Crippen molar-refractivity contribution in [3.8, 4) is 5.75 Å². The summed E-state index contributed by atoms with van der Waals surface area (Å²) in [6.07, 6.45) is 1.54. The van der Waals surface area contributed by atoms with Crippen LogP contribution in [0.4, 0.5) is 0 Å². The van der Waals surface area contributed by atoms with Crippen molar-refractivity contribution in [2.45, 2.75) is 12.8 Å². The molecule has 0 aliphatic carbocycles. The first-order valence-electron chi connectivity index (χ1n) is 9.37. The SMILES string of the molecule is O=P1(Oc2ccccc2)OCC(Cc2ccccc2)(Cc2ccccc2)CO1. The van der Waals surface area contributed by atoms with E-state index < -0.39 is 7.82 Å². The summed E-state index contributed by atoms with van der Waals surface area (Å²) in [5, 5.41) is 0. The molecule has 1 fully saturated rings. The third-order valence-electron chi connectivity index (χ3n) is 4.86. The van der Waals surface area contributed by atoms with Gasteiger partial charge in [0, 0.05) is 5.41 Å². The van der Waals surface area contributed by atoms with Gasteiger partial charge in [0.2, 0.25) is 0 Å². The van der Waals surface area contributed by atoms with Crippen molar-refractivity contribution < 1.29 is 18.1 Å². The molecule has 28 heavy (non-hydrogen) atoms. The van der Waals surface area contributed by atoms with Crippen molar-refractivity contribution in [1.29, 1.82) is 0 Å². The number of benzene rings is 3. The molecule has 0 aromatic heterocycles. The van der Waals surface area contributed by atoms with Gasteiger partial charge in [-0.1, -0.05) is 78.9 Å². The van der Waals surface area contributed by atoms with Crippen LogP contribution in [-0.4, -0.2) is 13.2 Å². The Morgan fingerprint density at radius 1 is 0.714 bits per heavy atom. The average molecular weight is 394 g/mol. The lowest BCUT2D eigenvalue weighted by atomic mass is 9.78. The van der Waals surface area contributed by atoms with E-state index in [4.69, 9.17) is 13.6 Å².